The van der Waals surface area contributed by atoms with Crippen LogP contribution in [-0.2, 0) is 6.42 Å². The molecule has 0 bridgehead atoms. The Kier molecular flexibility index (Phi) is 1.95. The lowest BCUT2D eigenvalue weighted by atomic mass is 9.99. The molecule has 0 aliphatic carbocycles. The van der Waals surface area contributed by atoms with Crippen molar-refractivity contribution in [2.24, 2.45) is 5.92 Å². The van der Waals surface area contributed by atoms with Gasteiger partial charge in [-0.25, -0.2) is 9.37 Å². The van der Waals surface area contributed by atoms with E-state index < -0.39 is 0 Å². The molecule has 0 saturated carbocycles. The van der Waals surface area contributed by atoms with Gasteiger partial charge in [0.1, 0.15) is 11.6 Å². The second-order valence-electron chi connectivity index (χ2n) is 4.07. The van der Waals surface area contributed by atoms with Gasteiger partial charge in [-0.15, -0.1) is 0 Å². The molecule has 2 heterocycles. The Hall–Kier alpha value is -1.42. The van der Waals surface area contributed by atoms with Crippen LogP contribution in [0.5, 0.6) is 0 Å². The number of hydrogen-bond acceptors (Lipinski definition) is 2. The predicted molar refractivity (Wildman–Crippen MR) is 56.1 cm³/mol. The summed E-state index contributed by atoms with van der Waals surface area (Å²) in [5.41, 5.74) is 1.64. The number of halogens is 1. The summed E-state index contributed by atoms with van der Waals surface area (Å²) in [5, 5.41) is 3.22. The molecule has 1 fully saturated rings. The maximum Gasteiger partial charge on any atom is 0.125 e. The fourth-order valence-corrected chi connectivity index (χ4v) is 1.90. The van der Waals surface area contributed by atoms with Gasteiger partial charge in [0.2, 0.25) is 0 Å². The van der Waals surface area contributed by atoms with Crippen LogP contribution in [0.4, 0.5) is 4.39 Å². The molecular formula is C11H12FN3. The van der Waals surface area contributed by atoms with E-state index in [0.29, 0.717) is 5.92 Å². The first kappa shape index (κ1) is 8.85. The van der Waals surface area contributed by atoms with E-state index in [1.165, 1.54) is 12.1 Å². The molecule has 1 aromatic carbocycles. The van der Waals surface area contributed by atoms with Crippen LogP contribution >= 0.6 is 0 Å². The lowest BCUT2D eigenvalue weighted by molar-refractivity contribution is 0.342. The molecule has 0 spiro atoms. The molecule has 4 heteroatoms. The Bertz CT molecular complexity index is 488. The van der Waals surface area contributed by atoms with Gasteiger partial charge in [-0.2, -0.15) is 0 Å². The van der Waals surface area contributed by atoms with E-state index in [2.05, 4.69) is 15.3 Å². The minimum atomic E-state index is -0.219. The zero-order chi connectivity index (χ0) is 10.3. The van der Waals surface area contributed by atoms with E-state index >= 15 is 0 Å². The molecule has 1 saturated heterocycles. The quantitative estimate of drug-likeness (QED) is 0.779. The number of nitrogens with zero attached hydrogens (tertiary/aromatic N) is 1. The summed E-state index contributed by atoms with van der Waals surface area (Å²) in [7, 11) is 0. The van der Waals surface area contributed by atoms with E-state index in [4.69, 9.17) is 0 Å². The Morgan fingerprint density at radius 1 is 1.40 bits per heavy atom. The first-order valence-electron chi connectivity index (χ1n) is 5.16. The van der Waals surface area contributed by atoms with Crippen LogP contribution in [0.25, 0.3) is 11.0 Å². The number of aromatic amines is 1. The van der Waals surface area contributed by atoms with Crippen molar-refractivity contribution in [1.82, 2.24) is 15.3 Å². The maximum absolute atomic E-state index is 12.9. The Labute approximate surface area is 86.7 Å². The van der Waals surface area contributed by atoms with Crippen LogP contribution in [-0.4, -0.2) is 23.1 Å². The normalized spacial score (nSPS) is 16.9. The van der Waals surface area contributed by atoms with Crippen LogP contribution in [0, 0.1) is 11.7 Å². The zero-order valence-electron chi connectivity index (χ0n) is 8.26. The van der Waals surface area contributed by atoms with Crippen LogP contribution in [0.1, 0.15) is 5.82 Å². The van der Waals surface area contributed by atoms with Crippen LogP contribution in [0.2, 0.25) is 0 Å². The fourth-order valence-electron chi connectivity index (χ4n) is 1.90. The SMILES string of the molecule is Fc1ccc2nc(CC3CNC3)[nH]c2c1. The van der Waals surface area contributed by atoms with Crippen molar-refractivity contribution in [3.63, 3.8) is 0 Å². The van der Waals surface area contributed by atoms with Gasteiger partial charge in [-0.3, -0.25) is 0 Å². The molecule has 3 nitrogen and oxygen atoms in total. The number of H-pyrrole nitrogens is 1. The molecule has 0 amide bonds. The number of fused-ring (bicyclic) bond motifs is 1. The molecule has 15 heavy (non-hydrogen) atoms. The van der Waals surface area contributed by atoms with Gasteiger partial charge in [0, 0.05) is 6.42 Å². The van der Waals surface area contributed by atoms with Gasteiger partial charge < -0.3 is 10.3 Å². The van der Waals surface area contributed by atoms with Crippen molar-refractivity contribution in [2.75, 3.05) is 13.1 Å². The Morgan fingerprint density at radius 3 is 3.00 bits per heavy atom. The summed E-state index contributed by atoms with van der Waals surface area (Å²) >= 11 is 0. The monoisotopic (exact) mass is 205 g/mol. The number of hydrogen-bond donors (Lipinski definition) is 2. The molecule has 0 unspecified atom stereocenters. The third-order valence-electron chi connectivity index (χ3n) is 2.84. The number of rotatable bonds is 2. The third-order valence-corrected chi connectivity index (χ3v) is 2.84. The van der Waals surface area contributed by atoms with Crippen molar-refractivity contribution < 1.29 is 4.39 Å². The summed E-state index contributed by atoms with van der Waals surface area (Å²) in [6.45, 7) is 2.12. The van der Waals surface area contributed by atoms with Crippen molar-refractivity contribution in [3.8, 4) is 0 Å². The number of nitrogens with one attached hydrogen (secondary N) is 2. The lowest BCUT2D eigenvalue weighted by Crippen LogP contribution is -2.43. The van der Waals surface area contributed by atoms with Gasteiger partial charge in [-0.1, -0.05) is 0 Å². The van der Waals surface area contributed by atoms with E-state index in [0.717, 1.165) is 36.4 Å². The van der Waals surface area contributed by atoms with Crippen molar-refractivity contribution in [2.45, 2.75) is 6.42 Å². The molecule has 1 aliphatic rings. The van der Waals surface area contributed by atoms with Gasteiger partial charge in [0.25, 0.3) is 0 Å². The van der Waals surface area contributed by atoms with Crippen LogP contribution in [0.3, 0.4) is 0 Å². The van der Waals surface area contributed by atoms with Gasteiger partial charge >= 0.3 is 0 Å². The average Bonchev–Trinajstić information content (AvgIpc) is 2.53. The molecule has 1 aromatic heterocycles. The average molecular weight is 205 g/mol. The molecule has 3 rings (SSSR count). The largest absolute Gasteiger partial charge is 0.342 e. The maximum atomic E-state index is 12.9. The van der Waals surface area contributed by atoms with Crippen molar-refractivity contribution in [1.29, 1.82) is 0 Å². The molecule has 0 radical (unpaired) electrons. The highest BCUT2D eigenvalue weighted by Crippen LogP contribution is 2.16. The predicted octanol–water partition coefficient (Wildman–Crippen LogP) is 1.46. The topological polar surface area (TPSA) is 40.7 Å². The van der Waals surface area contributed by atoms with Gasteiger partial charge in [0.15, 0.2) is 0 Å². The number of aromatic nitrogens is 2. The first-order valence-corrected chi connectivity index (χ1v) is 5.16. The summed E-state index contributed by atoms with van der Waals surface area (Å²) in [6, 6.07) is 4.65. The fraction of sp³-hybridized carbons (Fsp3) is 0.364. The van der Waals surface area contributed by atoms with Gasteiger partial charge in [0.05, 0.1) is 11.0 Å². The smallest absolute Gasteiger partial charge is 0.125 e. The molecule has 2 aromatic rings. The number of imidazole rings is 1. The highest BCUT2D eigenvalue weighted by Gasteiger charge is 2.18. The van der Waals surface area contributed by atoms with Crippen molar-refractivity contribution >= 4 is 11.0 Å². The summed E-state index contributed by atoms with van der Waals surface area (Å²) < 4.78 is 12.9. The minimum absolute atomic E-state index is 0.219. The summed E-state index contributed by atoms with van der Waals surface area (Å²) in [5.74, 6) is 1.42. The first-order chi connectivity index (χ1) is 7.31. The van der Waals surface area contributed by atoms with Crippen molar-refractivity contribution in [3.05, 3.63) is 29.8 Å². The van der Waals surface area contributed by atoms with E-state index in [1.54, 1.807) is 6.07 Å². The minimum Gasteiger partial charge on any atom is -0.342 e. The standard InChI is InChI=1S/C11H12FN3/c12-8-1-2-9-10(4-8)15-11(14-9)3-7-5-13-6-7/h1-2,4,7,13H,3,5-6H2,(H,14,15). The Balaban J connectivity index is 1.91. The highest BCUT2D eigenvalue weighted by molar-refractivity contribution is 5.74. The summed E-state index contributed by atoms with van der Waals surface area (Å²) in [6.07, 6.45) is 0.948. The van der Waals surface area contributed by atoms with E-state index in [-0.39, 0.29) is 5.82 Å². The third kappa shape index (κ3) is 1.61. The van der Waals surface area contributed by atoms with E-state index in [9.17, 15) is 4.39 Å². The van der Waals surface area contributed by atoms with Gasteiger partial charge in [-0.05, 0) is 37.2 Å². The second-order valence-corrected chi connectivity index (χ2v) is 4.07. The molecular weight excluding hydrogens is 193 g/mol. The number of benzene rings is 1. The Morgan fingerprint density at radius 2 is 2.27 bits per heavy atom. The lowest BCUT2D eigenvalue weighted by Gasteiger charge is -2.25. The van der Waals surface area contributed by atoms with Crippen LogP contribution in [0.15, 0.2) is 18.2 Å². The molecule has 1 aliphatic heterocycles. The highest BCUT2D eigenvalue weighted by atomic mass is 19.1. The summed E-state index contributed by atoms with van der Waals surface area (Å²) in [4.78, 5) is 7.58. The molecule has 0 atom stereocenters. The zero-order valence-corrected chi connectivity index (χ0v) is 8.26. The van der Waals surface area contributed by atoms with Crippen LogP contribution < -0.4 is 5.32 Å². The molecule has 78 valence electrons. The second kappa shape index (κ2) is 3.31. The van der Waals surface area contributed by atoms with E-state index in [1.807, 2.05) is 0 Å². The molecule has 2 N–H and O–H groups in total.